The Hall–Kier alpha value is -1.05. The molecule has 18 heavy (non-hydrogen) atoms. The number of halogens is 3. The van der Waals surface area contributed by atoms with Crippen LogP contribution >= 0.6 is 23.2 Å². The third-order valence-electron chi connectivity index (χ3n) is 2.95. The van der Waals surface area contributed by atoms with Crippen LogP contribution in [0.4, 0.5) is 4.39 Å². The van der Waals surface area contributed by atoms with Crippen LogP contribution in [0, 0.1) is 12.7 Å². The number of hydrogen-bond acceptors (Lipinski definition) is 0. The molecular weight excluding hydrogens is 270 g/mol. The molecule has 0 N–H and O–H groups in total. The van der Waals surface area contributed by atoms with E-state index in [9.17, 15) is 4.39 Å². The van der Waals surface area contributed by atoms with E-state index in [1.165, 1.54) is 12.1 Å². The monoisotopic (exact) mass is 282 g/mol. The lowest BCUT2D eigenvalue weighted by Crippen LogP contribution is -1.99. The molecule has 0 radical (unpaired) electrons. The fourth-order valence-corrected chi connectivity index (χ4v) is 2.54. The highest BCUT2D eigenvalue weighted by Crippen LogP contribution is 2.30. The average molecular weight is 283 g/mol. The van der Waals surface area contributed by atoms with E-state index in [0.717, 1.165) is 16.7 Å². The molecule has 2 aromatic rings. The van der Waals surface area contributed by atoms with E-state index >= 15 is 0 Å². The predicted octanol–water partition coefficient (Wildman–Crippen LogP) is 5.31. The van der Waals surface area contributed by atoms with E-state index in [1.54, 1.807) is 6.07 Å². The molecule has 0 spiro atoms. The Bertz CT molecular complexity index is 552. The lowest BCUT2D eigenvalue weighted by atomic mass is 10.00. The quantitative estimate of drug-likeness (QED) is 0.669. The summed E-state index contributed by atoms with van der Waals surface area (Å²) >= 11 is 12.5. The summed E-state index contributed by atoms with van der Waals surface area (Å²) in [4.78, 5) is 0. The summed E-state index contributed by atoms with van der Waals surface area (Å²) in [5, 5.41) is 0.503. The van der Waals surface area contributed by atoms with Crippen molar-refractivity contribution in [2.75, 3.05) is 0 Å². The molecule has 0 aliphatic heterocycles. The number of hydrogen-bond donors (Lipinski definition) is 0. The highest BCUT2D eigenvalue weighted by atomic mass is 35.5. The van der Waals surface area contributed by atoms with Crippen molar-refractivity contribution in [2.45, 2.75) is 18.7 Å². The summed E-state index contributed by atoms with van der Waals surface area (Å²) in [5.74, 6) is -0.237. The van der Waals surface area contributed by atoms with Crippen molar-refractivity contribution in [3.63, 3.8) is 0 Å². The lowest BCUT2D eigenvalue weighted by molar-refractivity contribution is 0.625. The smallest absolute Gasteiger partial charge is 0.123 e. The van der Waals surface area contributed by atoms with Gasteiger partial charge in [-0.15, -0.1) is 11.6 Å². The molecule has 0 saturated carbocycles. The Morgan fingerprint density at radius 3 is 2.61 bits per heavy atom. The number of alkyl halides is 1. The summed E-state index contributed by atoms with van der Waals surface area (Å²) in [6.07, 6.45) is 0.584. The van der Waals surface area contributed by atoms with Crippen molar-refractivity contribution in [1.29, 1.82) is 0 Å². The number of benzene rings is 2. The van der Waals surface area contributed by atoms with Crippen molar-refractivity contribution < 1.29 is 4.39 Å². The first-order valence-corrected chi connectivity index (χ1v) is 6.53. The van der Waals surface area contributed by atoms with Crippen LogP contribution in [0.15, 0.2) is 42.5 Å². The molecule has 0 aliphatic carbocycles. The molecule has 0 aliphatic rings. The second-order valence-corrected chi connectivity index (χ2v) is 5.19. The average Bonchev–Trinajstić information content (AvgIpc) is 2.32. The zero-order chi connectivity index (χ0) is 13.1. The van der Waals surface area contributed by atoms with E-state index in [2.05, 4.69) is 0 Å². The Labute approximate surface area is 116 Å². The molecule has 0 nitrogen and oxygen atoms in total. The Morgan fingerprint density at radius 2 is 1.89 bits per heavy atom. The zero-order valence-corrected chi connectivity index (χ0v) is 11.5. The van der Waals surface area contributed by atoms with Crippen molar-refractivity contribution in [3.8, 4) is 0 Å². The van der Waals surface area contributed by atoms with Gasteiger partial charge in [0.2, 0.25) is 0 Å². The van der Waals surface area contributed by atoms with Crippen LogP contribution in [0.3, 0.4) is 0 Å². The summed E-state index contributed by atoms with van der Waals surface area (Å²) in [7, 11) is 0. The van der Waals surface area contributed by atoms with Crippen molar-refractivity contribution in [3.05, 3.63) is 70.0 Å². The second-order valence-electron chi connectivity index (χ2n) is 4.26. The fraction of sp³-hybridized carbons (Fsp3) is 0.200. The van der Waals surface area contributed by atoms with Gasteiger partial charge in [-0.2, -0.15) is 0 Å². The molecule has 2 rings (SSSR count). The highest BCUT2D eigenvalue weighted by molar-refractivity contribution is 6.31. The minimum atomic E-state index is -0.237. The summed E-state index contributed by atoms with van der Waals surface area (Å²) in [6.45, 7) is 1.94. The van der Waals surface area contributed by atoms with Gasteiger partial charge in [-0.1, -0.05) is 35.9 Å². The normalized spacial score (nSPS) is 12.4. The molecule has 0 amide bonds. The van der Waals surface area contributed by atoms with E-state index in [-0.39, 0.29) is 11.2 Å². The zero-order valence-electron chi connectivity index (χ0n) is 9.96. The molecule has 0 heterocycles. The van der Waals surface area contributed by atoms with Crippen LogP contribution in [0.1, 0.15) is 22.1 Å². The molecule has 2 aromatic carbocycles. The predicted molar refractivity (Wildman–Crippen MR) is 74.9 cm³/mol. The molecule has 3 heteroatoms. The molecule has 94 valence electrons. The van der Waals surface area contributed by atoms with Gasteiger partial charge >= 0.3 is 0 Å². The topological polar surface area (TPSA) is 0 Å². The van der Waals surface area contributed by atoms with Gasteiger partial charge in [0.15, 0.2) is 0 Å². The van der Waals surface area contributed by atoms with Gasteiger partial charge in [-0.25, -0.2) is 4.39 Å². The van der Waals surface area contributed by atoms with Crippen LogP contribution < -0.4 is 0 Å². The maximum absolute atomic E-state index is 13.1. The van der Waals surface area contributed by atoms with Crippen molar-refractivity contribution >= 4 is 23.2 Å². The SMILES string of the molecule is Cc1c(Cl)cccc1C(Cl)Cc1cccc(F)c1. The fourth-order valence-electron chi connectivity index (χ4n) is 1.94. The molecule has 1 atom stereocenters. The van der Waals surface area contributed by atoms with Gasteiger partial charge < -0.3 is 0 Å². The summed E-state index contributed by atoms with van der Waals surface area (Å²) in [5.41, 5.74) is 2.86. The molecule has 1 unspecified atom stereocenters. The van der Waals surface area contributed by atoms with Gasteiger partial charge in [0.1, 0.15) is 5.82 Å². The van der Waals surface area contributed by atoms with Gasteiger partial charge in [-0.3, -0.25) is 0 Å². The second kappa shape index (κ2) is 5.73. The minimum absolute atomic E-state index is 0.203. The largest absolute Gasteiger partial charge is 0.207 e. The summed E-state index contributed by atoms with van der Waals surface area (Å²) in [6, 6.07) is 12.2. The standard InChI is InChI=1S/C15H13Cl2F/c1-10-13(6-3-7-14(10)16)15(17)9-11-4-2-5-12(18)8-11/h2-8,15H,9H2,1H3. The van der Waals surface area contributed by atoms with Gasteiger partial charge in [0.25, 0.3) is 0 Å². The Balaban J connectivity index is 2.22. The molecule has 0 aromatic heterocycles. The van der Waals surface area contributed by atoms with Gasteiger partial charge in [-0.05, 0) is 48.2 Å². The third kappa shape index (κ3) is 3.04. The lowest BCUT2D eigenvalue weighted by Gasteiger charge is -2.14. The molecule has 0 fully saturated rings. The van der Waals surface area contributed by atoms with E-state index < -0.39 is 0 Å². The van der Waals surface area contributed by atoms with Crippen LogP contribution in [-0.2, 0) is 6.42 Å². The third-order valence-corrected chi connectivity index (χ3v) is 3.75. The van der Waals surface area contributed by atoms with Crippen molar-refractivity contribution in [2.24, 2.45) is 0 Å². The van der Waals surface area contributed by atoms with Crippen LogP contribution in [0.5, 0.6) is 0 Å². The van der Waals surface area contributed by atoms with E-state index in [0.29, 0.717) is 11.4 Å². The molecule has 0 bridgehead atoms. The van der Waals surface area contributed by atoms with Gasteiger partial charge in [0.05, 0.1) is 5.38 Å². The number of rotatable bonds is 3. The highest BCUT2D eigenvalue weighted by Gasteiger charge is 2.13. The van der Waals surface area contributed by atoms with E-state index in [1.807, 2.05) is 31.2 Å². The molecular formula is C15H13Cl2F. The van der Waals surface area contributed by atoms with E-state index in [4.69, 9.17) is 23.2 Å². The summed E-state index contributed by atoms with van der Waals surface area (Å²) < 4.78 is 13.1. The van der Waals surface area contributed by atoms with Crippen LogP contribution in [0.25, 0.3) is 0 Å². The first-order chi connectivity index (χ1) is 8.58. The first-order valence-electron chi connectivity index (χ1n) is 5.71. The van der Waals surface area contributed by atoms with Crippen molar-refractivity contribution in [1.82, 2.24) is 0 Å². The van der Waals surface area contributed by atoms with Crippen LogP contribution in [0.2, 0.25) is 5.02 Å². The Kier molecular flexibility index (Phi) is 4.26. The van der Waals surface area contributed by atoms with Crippen LogP contribution in [-0.4, -0.2) is 0 Å². The molecule has 0 saturated heterocycles. The van der Waals surface area contributed by atoms with Gasteiger partial charge in [0, 0.05) is 5.02 Å². The Morgan fingerprint density at radius 1 is 1.17 bits per heavy atom. The minimum Gasteiger partial charge on any atom is -0.207 e. The maximum Gasteiger partial charge on any atom is 0.123 e. The maximum atomic E-state index is 13.1. The first kappa shape index (κ1) is 13.4.